The Bertz CT molecular complexity index is 800. The van der Waals surface area contributed by atoms with Crippen LogP contribution in [0.25, 0.3) is 0 Å². The van der Waals surface area contributed by atoms with Crippen LogP contribution in [0.2, 0.25) is 5.02 Å². The molecule has 0 bridgehead atoms. The fraction of sp³-hybridized carbons (Fsp3) is 0.500. The van der Waals surface area contributed by atoms with E-state index in [1.807, 2.05) is 6.07 Å². The summed E-state index contributed by atoms with van der Waals surface area (Å²) in [6.07, 6.45) is 1.16. The van der Waals surface area contributed by atoms with E-state index in [2.05, 4.69) is 14.9 Å². The molecular weight excluding hydrogens is 395 g/mol. The van der Waals surface area contributed by atoms with Crippen LogP contribution in [0.4, 0.5) is 19.0 Å². The predicted octanol–water partition coefficient (Wildman–Crippen LogP) is 3.37. The van der Waals surface area contributed by atoms with E-state index in [0.717, 1.165) is 10.4 Å². The van der Waals surface area contributed by atoms with Crippen molar-refractivity contribution in [3.63, 3.8) is 0 Å². The summed E-state index contributed by atoms with van der Waals surface area (Å²) in [7, 11) is 1.60. The summed E-state index contributed by atoms with van der Waals surface area (Å²) in [4.78, 5) is 24.5. The summed E-state index contributed by atoms with van der Waals surface area (Å²) in [6, 6.07) is 3.62. The SMILES string of the molecule is CN(Cc1nccn1CC(F)(F)F)C(=O)C1CCN(c2ccc(Cl)cn2)CC1. The van der Waals surface area contributed by atoms with E-state index in [4.69, 9.17) is 11.6 Å². The van der Waals surface area contributed by atoms with Gasteiger partial charge in [-0.15, -0.1) is 0 Å². The van der Waals surface area contributed by atoms with Crippen LogP contribution in [0.1, 0.15) is 18.7 Å². The lowest BCUT2D eigenvalue weighted by Gasteiger charge is -2.33. The van der Waals surface area contributed by atoms with E-state index >= 15 is 0 Å². The third-order valence-electron chi connectivity index (χ3n) is 4.79. The normalized spacial score (nSPS) is 15.7. The number of rotatable bonds is 5. The molecule has 152 valence electrons. The zero-order valence-corrected chi connectivity index (χ0v) is 16.1. The second-order valence-corrected chi connectivity index (χ2v) is 7.31. The first-order valence-corrected chi connectivity index (χ1v) is 9.29. The smallest absolute Gasteiger partial charge is 0.357 e. The van der Waals surface area contributed by atoms with Gasteiger partial charge in [0.25, 0.3) is 0 Å². The zero-order chi connectivity index (χ0) is 20.3. The number of imidazole rings is 1. The third kappa shape index (κ3) is 5.15. The van der Waals surface area contributed by atoms with Crippen LogP contribution >= 0.6 is 11.6 Å². The van der Waals surface area contributed by atoms with Gasteiger partial charge in [0.2, 0.25) is 5.91 Å². The van der Waals surface area contributed by atoms with Crippen molar-refractivity contribution < 1.29 is 18.0 Å². The molecule has 0 unspecified atom stereocenters. The second kappa shape index (κ2) is 8.38. The number of halogens is 4. The summed E-state index contributed by atoms with van der Waals surface area (Å²) < 4.78 is 38.9. The standard InChI is InChI=1S/C18H21ClF3N5O/c1-25(11-16-23-6-9-27(16)12-18(20,21)22)17(28)13-4-7-26(8-5-13)15-3-2-14(19)10-24-15/h2-3,6,9-10,13H,4-5,7-8,11-12H2,1H3. The number of carbonyl (C=O) groups excluding carboxylic acids is 1. The van der Waals surface area contributed by atoms with Crippen LogP contribution in [0.15, 0.2) is 30.7 Å². The van der Waals surface area contributed by atoms with Gasteiger partial charge in [-0.3, -0.25) is 4.79 Å². The van der Waals surface area contributed by atoms with Crippen molar-refractivity contribution in [2.24, 2.45) is 5.92 Å². The van der Waals surface area contributed by atoms with E-state index in [1.165, 1.54) is 17.3 Å². The summed E-state index contributed by atoms with van der Waals surface area (Å²) in [5.74, 6) is 0.790. The molecule has 1 amide bonds. The maximum Gasteiger partial charge on any atom is 0.406 e. The molecule has 28 heavy (non-hydrogen) atoms. The highest BCUT2D eigenvalue weighted by molar-refractivity contribution is 6.30. The summed E-state index contributed by atoms with van der Waals surface area (Å²) in [5.41, 5.74) is 0. The Hall–Kier alpha value is -2.29. The molecule has 0 radical (unpaired) electrons. The molecule has 0 atom stereocenters. The fourth-order valence-electron chi connectivity index (χ4n) is 3.34. The topological polar surface area (TPSA) is 54.3 Å². The number of carbonyl (C=O) groups is 1. The van der Waals surface area contributed by atoms with Crippen molar-refractivity contribution in [1.29, 1.82) is 0 Å². The fourth-order valence-corrected chi connectivity index (χ4v) is 3.45. The molecular formula is C18H21ClF3N5O. The number of pyridine rings is 1. The minimum absolute atomic E-state index is 0.0425. The molecule has 1 aliphatic heterocycles. The largest absolute Gasteiger partial charge is 0.406 e. The molecule has 2 aromatic heterocycles. The maximum atomic E-state index is 12.7. The molecule has 2 aromatic rings. The van der Waals surface area contributed by atoms with Crippen molar-refractivity contribution in [3.05, 3.63) is 41.6 Å². The molecule has 10 heteroatoms. The van der Waals surface area contributed by atoms with Crippen LogP contribution in [0, 0.1) is 5.92 Å². The van der Waals surface area contributed by atoms with E-state index in [9.17, 15) is 18.0 Å². The highest BCUT2D eigenvalue weighted by Crippen LogP contribution is 2.24. The third-order valence-corrected chi connectivity index (χ3v) is 5.01. The first-order chi connectivity index (χ1) is 13.2. The van der Waals surface area contributed by atoms with Crippen LogP contribution in [0.5, 0.6) is 0 Å². The number of amides is 1. The van der Waals surface area contributed by atoms with Gasteiger partial charge in [-0.2, -0.15) is 13.2 Å². The van der Waals surface area contributed by atoms with Gasteiger partial charge in [-0.05, 0) is 25.0 Å². The molecule has 1 saturated heterocycles. The number of alkyl halides is 3. The van der Waals surface area contributed by atoms with Gasteiger partial charge in [0.1, 0.15) is 18.2 Å². The lowest BCUT2D eigenvalue weighted by molar-refractivity contribution is -0.141. The number of aromatic nitrogens is 3. The van der Waals surface area contributed by atoms with Gasteiger partial charge >= 0.3 is 6.18 Å². The van der Waals surface area contributed by atoms with Gasteiger partial charge in [0, 0.05) is 44.6 Å². The van der Waals surface area contributed by atoms with E-state index in [-0.39, 0.29) is 24.2 Å². The average molecular weight is 416 g/mol. The second-order valence-electron chi connectivity index (χ2n) is 6.88. The Morgan fingerprint density at radius 2 is 2.00 bits per heavy atom. The highest BCUT2D eigenvalue weighted by Gasteiger charge is 2.31. The van der Waals surface area contributed by atoms with Gasteiger partial charge in [0.05, 0.1) is 11.6 Å². The minimum atomic E-state index is -4.33. The first kappa shape index (κ1) is 20.4. The number of piperidine rings is 1. The van der Waals surface area contributed by atoms with Gasteiger partial charge in [-0.25, -0.2) is 9.97 Å². The molecule has 0 N–H and O–H groups in total. The molecule has 3 rings (SSSR count). The van der Waals surface area contributed by atoms with Gasteiger partial charge in [-0.1, -0.05) is 11.6 Å². The molecule has 0 spiro atoms. The quantitative estimate of drug-likeness (QED) is 0.751. The maximum absolute atomic E-state index is 12.7. The predicted molar refractivity (Wildman–Crippen MR) is 98.9 cm³/mol. The van der Waals surface area contributed by atoms with Crippen LogP contribution < -0.4 is 4.90 Å². The Morgan fingerprint density at radius 3 is 2.61 bits per heavy atom. The number of nitrogens with zero attached hydrogens (tertiary/aromatic N) is 5. The van der Waals surface area contributed by atoms with E-state index in [0.29, 0.717) is 31.0 Å². The number of hydrogen-bond donors (Lipinski definition) is 0. The Labute approximate surface area is 165 Å². The van der Waals surface area contributed by atoms with E-state index < -0.39 is 12.7 Å². The lowest BCUT2D eigenvalue weighted by atomic mass is 9.95. The zero-order valence-electron chi connectivity index (χ0n) is 15.4. The molecule has 0 saturated carbocycles. The van der Waals surface area contributed by atoms with Crippen LogP contribution in [0.3, 0.4) is 0 Å². The van der Waals surface area contributed by atoms with Crippen molar-refractivity contribution in [2.75, 3.05) is 25.0 Å². The number of anilines is 1. The van der Waals surface area contributed by atoms with E-state index in [1.54, 1.807) is 19.3 Å². The van der Waals surface area contributed by atoms with Crippen molar-refractivity contribution in [3.8, 4) is 0 Å². The number of hydrogen-bond acceptors (Lipinski definition) is 4. The summed E-state index contributed by atoms with van der Waals surface area (Å²) >= 11 is 5.85. The van der Waals surface area contributed by atoms with Crippen LogP contribution in [-0.2, 0) is 17.9 Å². The molecule has 1 aliphatic rings. The molecule has 6 nitrogen and oxygen atoms in total. The summed E-state index contributed by atoms with van der Waals surface area (Å²) in [5, 5.41) is 0.569. The molecule has 0 aliphatic carbocycles. The molecule has 0 aromatic carbocycles. The summed E-state index contributed by atoms with van der Waals surface area (Å²) in [6.45, 7) is 0.293. The Kier molecular flexibility index (Phi) is 6.12. The van der Waals surface area contributed by atoms with Gasteiger partial charge in [0.15, 0.2) is 0 Å². The van der Waals surface area contributed by atoms with Crippen molar-refractivity contribution in [2.45, 2.75) is 32.1 Å². The molecule has 1 fully saturated rings. The Morgan fingerprint density at radius 1 is 1.29 bits per heavy atom. The minimum Gasteiger partial charge on any atom is -0.357 e. The van der Waals surface area contributed by atoms with Crippen molar-refractivity contribution in [1.82, 2.24) is 19.4 Å². The van der Waals surface area contributed by atoms with Crippen molar-refractivity contribution >= 4 is 23.3 Å². The Balaban J connectivity index is 1.55. The first-order valence-electron chi connectivity index (χ1n) is 8.91. The van der Waals surface area contributed by atoms with Gasteiger partial charge < -0.3 is 14.4 Å². The lowest BCUT2D eigenvalue weighted by Crippen LogP contribution is -2.41. The average Bonchev–Trinajstić information content (AvgIpc) is 3.06. The molecule has 3 heterocycles. The monoisotopic (exact) mass is 415 g/mol. The van der Waals surface area contributed by atoms with Crippen LogP contribution in [-0.4, -0.2) is 51.7 Å². The highest BCUT2D eigenvalue weighted by atomic mass is 35.5.